The number of hydrazine groups is 1. The first-order valence-electron chi connectivity index (χ1n) is 7.73. The molecule has 0 saturated carbocycles. The third kappa shape index (κ3) is 4.04. The first kappa shape index (κ1) is 17.6. The fraction of sp³-hybridized carbons (Fsp3) is 0.0556. The summed E-state index contributed by atoms with van der Waals surface area (Å²) in [4.78, 5) is 24.0. The zero-order valence-corrected chi connectivity index (χ0v) is 14.3. The van der Waals surface area contributed by atoms with Gasteiger partial charge >= 0.3 is 0 Å². The molecule has 26 heavy (non-hydrogen) atoms. The molecule has 0 saturated heterocycles. The van der Waals surface area contributed by atoms with Crippen LogP contribution in [0, 0.1) is 5.82 Å². The smallest absolute Gasteiger partial charge is 0.260 e. The standard InChI is InChI=1S/C18H15FN4O2S/c19-14-7-3-2-6-13(14)17(25)20-18(26)22-21-16(24)11-23-10-9-12-5-1-4-8-15(12)23/h1-10H,11H2,(H,21,24)(H2,20,22,25,26). The van der Waals surface area contributed by atoms with Crippen molar-refractivity contribution in [3.63, 3.8) is 0 Å². The van der Waals surface area contributed by atoms with Gasteiger partial charge in [-0.25, -0.2) is 4.39 Å². The van der Waals surface area contributed by atoms with Gasteiger partial charge in [-0.2, -0.15) is 0 Å². The Morgan fingerprint density at radius 1 is 1.00 bits per heavy atom. The van der Waals surface area contributed by atoms with E-state index in [9.17, 15) is 14.0 Å². The largest absolute Gasteiger partial charge is 0.338 e. The van der Waals surface area contributed by atoms with Gasteiger partial charge in [-0.3, -0.25) is 25.8 Å². The summed E-state index contributed by atoms with van der Waals surface area (Å²) in [6, 6.07) is 15.1. The summed E-state index contributed by atoms with van der Waals surface area (Å²) in [5.41, 5.74) is 5.62. The van der Waals surface area contributed by atoms with Crippen LogP contribution in [-0.2, 0) is 11.3 Å². The summed E-state index contributed by atoms with van der Waals surface area (Å²) in [6.45, 7) is 0.0738. The van der Waals surface area contributed by atoms with Crippen LogP contribution < -0.4 is 16.2 Å². The molecule has 1 heterocycles. The van der Waals surface area contributed by atoms with Crippen molar-refractivity contribution in [2.45, 2.75) is 6.54 Å². The highest BCUT2D eigenvalue weighted by molar-refractivity contribution is 7.80. The van der Waals surface area contributed by atoms with Gasteiger partial charge in [-0.1, -0.05) is 30.3 Å². The molecule has 3 rings (SSSR count). The molecule has 8 heteroatoms. The fourth-order valence-electron chi connectivity index (χ4n) is 2.45. The van der Waals surface area contributed by atoms with Crippen molar-refractivity contribution in [1.82, 2.24) is 20.7 Å². The maximum Gasteiger partial charge on any atom is 0.260 e. The Bertz CT molecular complexity index is 986. The second-order valence-electron chi connectivity index (χ2n) is 5.44. The molecule has 0 aliphatic rings. The zero-order valence-electron chi connectivity index (χ0n) is 13.5. The summed E-state index contributed by atoms with van der Waals surface area (Å²) < 4.78 is 15.3. The monoisotopic (exact) mass is 370 g/mol. The van der Waals surface area contributed by atoms with Crippen LogP contribution in [0.25, 0.3) is 10.9 Å². The van der Waals surface area contributed by atoms with E-state index in [1.54, 1.807) is 4.57 Å². The molecule has 0 aliphatic carbocycles. The Balaban J connectivity index is 1.52. The van der Waals surface area contributed by atoms with E-state index in [0.29, 0.717) is 0 Å². The van der Waals surface area contributed by atoms with E-state index in [2.05, 4.69) is 16.2 Å². The van der Waals surface area contributed by atoms with Crippen LogP contribution in [0.15, 0.2) is 60.8 Å². The van der Waals surface area contributed by atoms with Crippen molar-refractivity contribution >= 4 is 40.0 Å². The number of thiocarbonyl (C=S) groups is 1. The Labute approximate surface area is 154 Å². The first-order valence-corrected chi connectivity index (χ1v) is 8.14. The van der Waals surface area contributed by atoms with Crippen LogP contribution in [-0.4, -0.2) is 21.5 Å². The number of carbonyl (C=O) groups is 2. The Hall–Kier alpha value is -3.26. The quantitative estimate of drug-likeness (QED) is 0.488. The van der Waals surface area contributed by atoms with Crippen LogP contribution >= 0.6 is 12.2 Å². The van der Waals surface area contributed by atoms with Crippen molar-refractivity contribution < 1.29 is 14.0 Å². The molecule has 2 amide bonds. The highest BCUT2D eigenvalue weighted by Gasteiger charge is 2.12. The topological polar surface area (TPSA) is 75.2 Å². The molecule has 3 N–H and O–H groups in total. The Morgan fingerprint density at radius 2 is 1.73 bits per heavy atom. The molecule has 0 atom stereocenters. The molecule has 0 aliphatic heterocycles. The molecule has 0 bridgehead atoms. The minimum absolute atomic E-state index is 0.0738. The van der Waals surface area contributed by atoms with Gasteiger partial charge in [0.2, 0.25) is 0 Å². The maximum atomic E-state index is 13.5. The van der Waals surface area contributed by atoms with Crippen molar-refractivity contribution in [3.8, 4) is 0 Å². The molecule has 0 fully saturated rings. The second-order valence-corrected chi connectivity index (χ2v) is 5.85. The highest BCUT2D eigenvalue weighted by atomic mass is 32.1. The van der Waals surface area contributed by atoms with Crippen LogP contribution in [0.2, 0.25) is 0 Å². The van der Waals surface area contributed by atoms with Crippen molar-refractivity contribution in [1.29, 1.82) is 0 Å². The molecule has 0 spiro atoms. The number of benzene rings is 2. The van der Waals surface area contributed by atoms with Gasteiger partial charge in [-0.15, -0.1) is 0 Å². The lowest BCUT2D eigenvalue weighted by Gasteiger charge is -2.12. The number of aromatic nitrogens is 1. The lowest BCUT2D eigenvalue weighted by Crippen LogP contribution is -2.49. The van der Waals surface area contributed by atoms with E-state index in [-0.39, 0.29) is 23.1 Å². The van der Waals surface area contributed by atoms with Crippen molar-refractivity contribution in [3.05, 3.63) is 72.2 Å². The number of hydrogen-bond donors (Lipinski definition) is 3. The lowest BCUT2D eigenvalue weighted by atomic mass is 10.2. The Kier molecular flexibility index (Phi) is 5.23. The lowest BCUT2D eigenvalue weighted by molar-refractivity contribution is -0.122. The summed E-state index contributed by atoms with van der Waals surface area (Å²) in [7, 11) is 0. The fourth-order valence-corrected chi connectivity index (χ4v) is 2.59. The van der Waals surface area contributed by atoms with Crippen molar-refractivity contribution in [2.24, 2.45) is 0 Å². The van der Waals surface area contributed by atoms with Gasteiger partial charge in [0, 0.05) is 11.7 Å². The number of hydrogen-bond acceptors (Lipinski definition) is 3. The Morgan fingerprint density at radius 3 is 2.54 bits per heavy atom. The van der Waals surface area contributed by atoms with E-state index in [1.807, 2.05) is 36.5 Å². The number of para-hydroxylation sites is 1. The van der Waals surface area contributed by atoms with E-state index < -0.39 is 11.7 Å². The molecule has 0 unspecified atom stereocenters. The zero-order chi connectivity index (χ0) is 18.5. The first-order chi connectivity index (χ1) is 12.5. The third-order valence-corrected chi connectivity index (χ3v) is 3.86. The predicted octanol–water partition coefficient (Wildman–Crippen LogP) is 2.12. The average Bonchev–Trinajstić information content (AvgIpc) is 3.03. The maximum absolute atomic E-state index is 13.5. The van der Waals surface area contributed by atoms with E-state index in [1.165, 1.54) is 24.3 Å². The number of nitrogens with one attached hydrogen (secondary N) is 3. The molecule has 132 valence electrons. The molecule has 3 aromatic rings. The number of fused-ring (bicyclic) bond motifs is 1. The molecule has 2 aromatic carbocycles. The van der Waals surface area contributed by atoms with Gasteiger partial charge in [0.05, 0.1) is 5.56 Å². The summed E-state index contributed by atoms with van der Waals surface area (Å²) in [6.07, 6.45) is 1.81. The van der Waals surface area contributed by atoms with Gasteiger partial charge in [0.15, 0.2) is 5.11 Å². The van der Waals surface area contributed by atoms with Crippen molar-refractivity contribution in [2.75, 3.05) is 0 Å². The second kappa shape index (κ2) is 7.75. The average molecular weight is 370 g/mol. The van der Waals surface area contributed by atoms with Crippen LogP contribution in [0.4, 0.5) is 4.39 Å². The van der Waals surface area contributed by atoms with Crippen LogP contribution in [0.1, 0.15) is 10.4 Å². The highest BCUT2D eigenvalue weighted by Crippen LogP contribution is 2.14. The van der Waals surface area contributed by atoms with E-state index in [4.69, 9.17) is 12.2 Å². The van der Waals surface area contributed by atoms with Crippen LogP contribution in [0.3, 0.4) is 0 Å². The van der Waals surface area contributed by atoms with Gasteiger partial charge < -0.3 is 4.57 Å². The van der Waals surface area contributed by atoms with E-state index >= 15 is 0 Å². The summed E-state index contributed by atoms with van der Waals surface area (Å²) >= 11 is 4.93. The molecular weight excluding hydrogens is 355 g/mol. The third-order valence-electron chi connectivity index (χ3n) is 3.66. The van der Waals surface area contributed by atoms with Gasteiger partial charge in [-0.05, 0) is 41.9 Å². The number of rotatable bonds is 3. The van der Waals surface area contributed by atoms with Crippen LogP contribution in [0.5, 0.6) is 0 Å². The number of halogens is 1. The van der Waals surface area contributed by atoms with E-state index in [0.717, 1.165) is 10.9 Å². The summed E-state index contributed by atoms with van der Waals surface area (Å²) in [5, 5.41) is 3.19. The molecule has 6 nitrogen and oxygen atoms in total. The summed E-state index contributed by atoms with van der Waals surface area (Å²) in [5.74, 6) is -1.71. The van der Waals surface area contributed by atoms with Gasteiger partial charge in [0.25, 0.3) is 11.8 Å². The SMILES string of the molecule is O=C(Cn1ccc2ccccc21)NNC(=S)NC(=O)c1ccccc1F. The minimum Gasteiger partial charge on any atom is -0.338 e. The predicted molar refractivity (Wildman–Crippen MR) is 99.7 cm³/mol. The van der Waals surface area contributed by atoms with Gasteiger partial charge in [0.1, 0.15) is 12.4 Å². The molecular formula is C18H15FN4O2S. The minimum atomic E-state index is -0.703. The molecule has 0 radical (unpaired) electrons. The number of nitrogens with zero attached hydrogens (tertiary/aromatic N) is 1. The number of carbonyl (C=O) groups excluding carboxylic acids is 2. The normalized spacial score (nSPS) is 10.3. The molecule has 1 aromatic heterocycles. The number of amides is 2.